The Labute approximate surface area is 105 Å². The number of benzene rings is 1. The predicted molar refractivity (Wildman–Crippen MR) is 64.2 cm³/mol. The van der Waals surface area contributed by atoms with Gasteiger partial charge in [0.05, 0.1) is 17.7 Å². The van der Waals surface area contributed by atoms with Gasteiger partial charge < -0.3 is 9.84 Å². The van der Waals surface area contributed by atoms with Gasteiger partial charge in [-0.05, 0) is 30.5 Å². The molecule has 1 saturated carbocycles. The van der Waals surface area contributed by atoms with Gasteiger partial charge in [-0.1, -0.05) is 11.6 Å². The molecular weight excluding hydrogens is 264 g/mol. The van der Waals surface area contributed by atoms with Crippen LogP contribution in [-0.4, -0.2) is 26.9 Å². The summed E-state index contributed by atoms with van der Waals surface area (Å²) in [6.45, 7) is 0. The fraction of sp³-hybridized carbons (Fsp3) is 0.455. The predicted octanol–water partition coefficient (Wildman–Crippen LogP) is 1.73. The zero-order valence-electron chi connectivity index (χ0n) is 9.53. The van der Waals surface area contributed by atoms with Crippen LogP contribution in [0.5, 0.6) is 5.75 Å². The molecule has 0 spiro atoms. The van der Waals surface area contributed by atoms with E-state index in [1.54, 1.807) is 6.07 Å². The van der Waals surface area contributed by atoms with Gasteiger partial charge in [0.25, 0.3) is 0 Å². The molecule has 0 atom stereocenters. The van der Waals surface area contributed by atoms with Crippen molar-refractivity contribution in [3.8, 4) is 5.75 Å². The summed E-state index contributed by atoms with van der Waals surface area (Å²) in [4.78, 5) is 0.0165. The third-order valence-corrected chi connectivity index (χ3v) is 4.26. The Bertz CT molecular complexity index is 561. The van der Waals surface area contributed by atoms with E-state index in [1.165, 1.54) is 13.2 Å². The number of aliphatic hydroxyl groups is 1. The van der Waals surface area contributed by atoms with Crippen molar-refractivity contribution in [2.75, 3.05) is 13.4 Å². The molecule has 0 amide bonds. The van der Waals surface area contributed by atoms with Gasteiger partial charge in [0, 0.05) is 6.26 Å². The number of halogens is 1. The molecular formula is C11H13ClO4S. The average molecular weight is 277 g/mol. The molecule has 1 aliphatic rings. The van der Waals surface area contributed by atoms with Gasteiger partial charge in [-0.2, -0.15) is 0 Å². The third kappa shape index (κ3) is 2.27. The van der Waals surface area contributed by atoms with Crippen LogP contribution in [0.2, 0.25) is 5.02 Å². The highest BCUT2D eigenvalue weighted by Gasteiger charge is 2.43. The number of methoxy groups -OCH3 is 1. The molecule has 1 fully saturated rings. The molecule has 1 aromatic carbocycles. The van der Waals surface area contributed by atoms with Crippen LogP contribution < -0.4 is 4.74 Å². The molecule has 4 nitrogen and oxygen atoms in total. The topological polar surface area (TPSA) is 63.6 Å². The summed E-state index contributed by atoms with van der Waals surface area (Å²) in [6, 6.07) is 3.00. The fourth-order valence-electron chi connectivity index (χ4n) is 1.72. The van der Waals surface area contributed by atoms with Gasteiger partial charge >= 0.3 is 0 Å². The summed E-state index contributed by atoms with van der Waals surface area (Å²) in [6.07, 6.45) is 2.33. The summed E-state index contributed by atoms with van der Waals surface area (Å²) < 4.78 is 28.3. The first-order valence-electron chi connectivity index (χ1n) is 5.08. The fourth-order valence-corrected chi connectivity index (χ4v) is 2.94. The van der Waals surface area contributed by atoms with Crippen LogP contribution in [-0.2, 0) is 15.4 Å². The Morgan fingerprint density at radius 2 is 2.00 bits per heavy atom. The molecule has 6 heteroatoms. The minimum Gasteiger partial charge on any atom is -0.494 e. The van der Waals surface area contributed by atoms with E-state index in [0.29, 0.717) is 18.4 Å². The second-order valence-electron chi connectivity index (χ2n) is 4.29. The van der Waals surface area contributed by atoms with Gasteiger partial charge in [0.2, 0.25) is 0 Å². The normalized spacial score (nSPS) is 17.9. The van der Waals surface area contributed by atoms with E-state index in [9.17, 15) is 13.5 Å². The summed E-state index contributed by atoms with van der Waals surface area (Å²) in [7, 11) is -2.08. The Morgan fingerprint density at radius 1 is 1.41 bits per heavy atom. The lowest BCUT2D eigenvalue weighted by Crippen LogP contribution is -2.08. The maximum atomic E-state index is 11.6. The minimum absolute atomic E-state index is 0.0165. The summed E-state index contributed by atoms with van der Waals surface area (Å²) in [5.41, 5.74) is -0.390. The van der Waals surface area contributed by atoms with E-state index in [2.05, 4.69) is 0 Å². The SMILES string of the molecule is COc1c(Cl)cc(C2(O)CC2)cc1S(C)(=O)=O. The first kappa shape index (κ1) is 12.7. The first-order chi connectivity index (χ1) is 7.78. The second kappa shape index (κ2) is 3.86. The van der Waals surface area contributed by atoms with Crippen LogP contribution in [0.15, 0.2) is 17.0 Å². The average Bonchev–Trinajstić information content (AvgIpc) is 2.95. The third-order valence-electron chi connectivity index (χ3n) is 2.87. The number of sulfone groups is 1. The van der Waals surface area contributed by atoms with Crippen molar-refractivity contribution < 1.29 is 18.3 Å². The van der Waals surface area contributed by atoms with Crippen LogP contribution in [0, 0.1) is 0 Å². The van der Waals surface area contributed by atoms with Gasteiger partial charge in [-0.25, -0.2) is 8.42 Å². The molecule has 0 saturated heterocycles. The van der Waals surface area contributed by atoms with Crippen LogP contribution >= 0.6 is 11.6 Å². The summed E-state index contributed by atoms with van der Waals surface area (Å²) in [5.74, 6) is 0.127. The Morgan fingerprint density at radius 3 is 2.41 bits per heavy atom. The molecule has 0 unspecified atom stereocenters. The Hall–Kier alpha value is -0.780. The molecule has 0 radical (unpaired) electrons. The molecule has 0 aliphatic heterocycles. The van der Waals surface area contributed by atoms with Crippen molar-refractivity contribution >= 4 is 21.4 Å². The Kier molecular flexibility index (Phi) is 2.88. The van der Waals surface area contributed by atoms with Crippen LogP contribution in [0.25, 0.3) is 0 Å². The lowest BCUT2D eigenvalue weighted by atomic mass is 10.1. The van der Waals surface area contributed by atoms with Crippen LogP contribution in [0.3, 0.4) is 0 Å². The molecule has 2 rings (SSSR count). The number of ether oxygens (including phenoxy) is 1. The van der Waals surface area contributed by atoms with E-state index in [0.717, 1.165) is 6.26 Å². The standard InChI is InChI=1S/C11H13ClO4S/c1-16-10-8(12)5-7(11(13)3-4-11)6-9(10)17(2,14)15/h5-6,13H,3-4H2,1-2H3. The zero-order valence-corrected chi connectivity index (χ0v) is 11.1. The molecule has 17 heavy (non-hydrogen) atoms. The van der Waals surface area contributed by atoms with Gasteiger partial charge in [-0.15, -0.1) is 0 Å². The van der Waals surface area contributed by atoms with Crippen molar-refractivity contribution in [1.82, 2.24) is 0 Å². The molecule has 0 bridgehead atoms. The van der Waals surface area contributed by atoms with Crippen molar-refractivity contribution in [2.24, 2.45) is 0 Å². The minimum atomic E-state index is -3.44. The van der Waals surface area contributed by atoms with E-state index in [-0.39, 0.29) is 15.7 Å². The zero-order chi connectivity index (χ0) is 12.8. The lowest BCUT2D eigenvalue weighted by molar-refractivity contribution is 0.151. The van der Waals surface area contributed by atoms with E-state index >= 15 is 0 Å². The molecule has 1 aliphatic carbocycles. The number of hydrogen-bond acceptors (Lipinski definition) is 4. The summed E-state index contributed by atoms with van der Waals surface area (Å²) in [5, 5.41) is 10.2. The van der Waals surface area contributed by atoms with E-state index in [1.807, 2.05) is 0 Å². The van der Waals surface area contributed by atoms with E-state index < -0.39 is 15.4 Å². The molecule has 1 aromatic rings. The van der Waals surface area contributed by atoms with Gasteiger partial charge in [0.15, 0.2) is 15.6 Å². The second-order valence-corrected chi connectivity index (χ2v) is 6.68. The molecule has 94 valence electrons. The molecule has 0 heterocycles. The maximum absolute atomic E-state index is 11.6. The number of rotatable bonds is 3. The highest BCUT2D eigenvalue weighted by molar-refractivity contribution is 7.90. The highest BCUT2D eigenvalue weighted by atomic mass is 35.5. The van der Waals surface area contributed by atoms with Crippen molar-refractivity contribution in [2.45, 2.75) is 23.3 Å². The smallest absolute Gasteiger partial charge is 0.179 e. The maximum Gasteiger partial charge on any atom is 0.179 e. The molecule has 0 aromatic heterocycles. The van der Waals surface area contributed by atoms with Crippen molar-refractivity contribution in [1.29, 1.82) is 0 Å². The quantitative estimate of drug-likeness (QED) is 0.913. The lowest BCUT2D eigenvalue weighted by Gasteiger charge is -2.14. The monoisotopic (exact) mass is 276 g/mol. The Balaban J connectivity index is 2.67. The first-order valence-corrected chi connectivity index (χ1v) is 7.35. The van der Waals surface area contributed by atoms with Gasteiger partial charge in [0.1, 0.15) is 4.90 Å². The van der Waals surface area contributed by atoms with Gasteiger partial charge in [-0.3, -0.25) is 0 Å². The van der Waals surface area contributed by atoms with Crippen LogP contribution in [0.4, 0.5) is 0 Å². The number of hydrogen-bond donors (Lipinski definition) is 1. The highest BCUT2D eigenvalue weighted by Crippen LogP contribution is 2.48. The van der Waals surface area contributed by atoms with E-state index in [4.69, 9.17) is 16.3 Å². The summed E-state index contributed by atoms with van der Waals surface area (Å²) >= 11 is 5.97. The van der Waals surface area contributed by atoms with Crippen molar-refractivity contribution in [3.63, 3.8) is 0 Å². The van der Waals surface area contributed by atoms with Crippen LogP contribution in [0.1, 0.15) is 18.4 Å². The van der Waals surface area contributed by atoms with Crippen molar-refractivity contribution in [3.05, 3.63) is 22.7 Å². The molecule has 1 N–H and O–H groups in total. The largest absolute Gasteiger partial charge is 0.494 e.